The fraction of sp³-hybridized carbons (Fsp3) is 0.188. The minimum atomic E-state index is -3.74. The number of hydrogen-bond acceptors (Lipinski definition) is 3. The minimum Gasteiger partial charge on any atom is -0.378 e. The van der Waals surface area contributed by atoms with Crippen LogP contribution in [0.15, 0.2) is 63.9 Å². The van der Waals surface area contributed by atoms with Crippen LogP contribution < -0.4 is 0 Å². The molecule has 0 aliphatic carbocycles. The molecule has 0 radical (unpaired) electrons. The number of aryl methyl sites for hydroxylation is 1. The third kappa shape index (κ3) is 4.00. The fourth-order valence-electron chi connectivity index (χ4n) is 1.84. The highest BCUT2D eigenvalue weighted by atomic mass is 32.2. The summed E-state index contributed by atoms with van der Waals surface area (Å²) in [4.78, 5) is 0.178. The Morgan fingerprint density at radius 3 is 2.24 bits per heavy atom. The highest BCUT2D eigenvalue weighted by Gasteiger charge is 2.15. The van der Waals surface area contributed by atoms with E-state index in [9.17, 15) is 8.42 Å². The molecule has 0 atom stereocenters. The minimum absolute atomic E-state index is 0.134. The zero-order chi connectivity index (χ0) is 15.3. The predicted octanol–water partition coefficient (Wildman–Crippen LogP) is 2.82. The monoisotopic (exact) mass is 303 g/mol. The van der Waals surface area contributed by atoms with E-state index in [0.717, 1.165) is 11.1 Å². The molecule has 0 heterocycles. The van der Waals surface area contributed by atoms with Crippen molar-refractivity contribution in [3.05, 3.63) is 65.7 Å². The summed E-state index contributed by atoms with van der Waals surface area (Å²) in [5.41, 5.74) is 2.12. The molecule has 0 saturated heterocycles. The van der Waals surface area contributed by atoms with Crippen LogP contribution in [-0.2, 0) is 14.8 Å². The van der Waals surface area contributed by atoms with Gasteiger partial charge >= 0.3 is 0 Å². The van der Waals surface area contributed by atoms with E-state index in [1.54, 1.807) is 24.3 Å². The summed E-state index contributed by atoms with van der Waals surface area (Å²) >= 11 is 0. The van der Waals surface area contributed by atoms with Gasteiger partial charge in [0.1, 0.15) is 0 Å². The zero-order valence-corrected chi connectivity index (χ0v) is 12.8. The highest BCUT2D eigenvalue weighted by Crippen LogP contribution is 2.15. The van der Waals surface area contributed by atoms with Gasteiger partial charge in [-0.1, -0.05) is 48.0 Å². The van der Waals surface area contributed by atoms with Crippen LogP contribution in [0.2, 0.25) is 0 Å². The first kappa shape index (κ1) is 15.4. The van der Waals surface area contributed by atoms with E-state index in [0.29, 0.717) is 5.71 Å². The molecule has 2 rings (SSSR count). The lowest BCUT2D eigenvalue weighted by atomic mass is 10.1. The summed E-state index contributed by atoms with van der Waals surface area (Å²) in [6, 6.07) is 15.8. The molecule has 2 aromatic carbocycles. The van der Waals surface area contributed by atoms with Crippen molar-refractivity contribution >= 4 is 15.7 Å². The van der Waals surface area contributed by atoms with Gasteiger partial charge in [-0.05, 0) is 24.6 Å². The van der Waals surface area contributed by atoms with E-state index >= 15 is 0 Å². The number of methoxy groups -OCH3 is 1. The number of sulfonamides is 1. The van der Waals surface area contributed by atoms with Crippen LogP contribution in [0.4, 0.5) is 0 Å². The second-order valence-electron chi connectivity index (χ2n) is 4.63. The average molecular weight is 303 g/mol. The van der Waals surface area contributed by atoms with Crippen molar-refractivity contribution in [2.75, 3.05) is 13.7 Å². The normalized spacial score (nSPS) is 12.4. The van der Waals surface area contributed by atoms with Crippen molar-refractivity contribution in [3.63, 3.8) is 0 Å². The number of rotatable bonds is 5. The topological polar surface area (TPSA) is 55.7 Å². The maximum Gasteiger partial charge on any atom is 0.282 e. The van der Waals surface area contributed by atoms with Crippen molar-refractivity contribution in [3.8, 4) is 0 Å². The van der Waals surface area contributed by atoms with Crippen LogP contribution >= 0.6 is 0 Å². The van der Waals surface area contributed by atoms with Crippen molar-refractivity contribution in [1.82, 2.24) is 0 Å². The fourth-order valence-corrected chi connectivity index (χ4v) is 2.87. The molecule has 0 N–H and O–H groups in total. The quantitative estimate of drug-likeness (QED) is 0.798. The van der Waals surface area contributed by atoms with Crippen molar-refractivity contribution < 1.29 is 13.2 Å². The summed E-state index contributed by atoms with van der Waals surface area (Å²) in [6.45, 7) is 2.04. The Morgan fingerprint density at radius 2 is 1.67 bits per heavy atom. The Hall–Kier alpha value is -1.98. The SMILES string of the molecule is COCC(=NS(=O)(=O)c1ccc(C)cc1)c1ccccc1. The summed E-state index contributed by atoms with van der Waals surface area (Å²) < 4.78 is 33.7. The van der Waals surface area contributed by atoms with Gasteiger partial charge in [0, 0.05) is 7.11 Å². The Morgan fingerprint density at radius 1 is 1.05 bits per heavy atom. The Labute approximate surface area is 125 Å². The smallest absolute Gasteiger partial charge is 0.282 e. The molecule has 0 unspecified atom stereocenters. The zero-order valence-electron chi connectivity index (χ0n) is 12.0. The van der Waals surface area contributed by atoms with Gasteiger partial charge in [-0.2, -0.15) is 12.8 Å². The molecule has 0 aliphatic heterocycles. The lowest BCUT2D eigenvalue weighted by molar-refractivity contribution is 0.245. The molecule has 0 aromatic heterocycles. The average Bonchev–Trinajstić information content (AvgIpc) is 2.48. The molecule has 0 bridgehead atoms. The molecule has 0 saturated carbocycles. The summed E-state index contributed by atoms with van der Waals surface area (Å²) in [7, 11) is -2.23. The van der Waals surface area contributed by atoms with Crippen LogP contribution in [0.5, 0.6) is 0 Å². The number of hydrogen-bond donors (Lipinski definition) is 0. The molecule has 0 fully saturated rings. The third-order valence-corrected chi connectivity index (χ3v) is 4.27. The third-order valence-electron chi connectivity index (χ3n) is 2.94. The summed E-state index contributed by atoms with van der Waals surface area (Å²) in [6.07, 6.45) is 0. The van der Waals surface area contributed by atoms with Crippen LogP contribution in [0.25, 0.3) is 0 Å². The molecule has 0 spiro atoms. The first-order valence-electron chi connectivity index (χ1n) is 6.48. The molecular weight excluding hydrogens is 286 g/mol. The van der Waals surface area contributed by atoms with Gasteiger partial charge in [0.05, 0.1) is 17.2 Å². The van der Waals surface area contributed by atoms with Gasteiger partial charge in [-0.3, -0.25) is 0 Å². The molecule has 0 amide bonds. The van der Waals surface area contributed by atoms with Crippen LogP contribution in [0.1, 0.15) is 11.1 Å². The largest absolute Gasteiger partial charge is 0.378 e. The number of benzene rings is 2. The lowest BCUT2D eigenvalue weighted by Crippen LogP contribution is -2.12. The van der Waals surface area contributed by atoms with E-state index in [-0.39, 0.29) is 11.5 Å². The molecular formula is C16H17NO3S. The van der Waals surface area contributed by atoms with E-state index < -0.39 is 10.0 Å². The van der Waals surface area contributed by atoms with Gasteiger partial charge in [0.25, 0.3) is 10.0 Å². The van der Waals surface area contributed by atoms with Gasteiger partial charge in [-0.15, -0.1) is 0 Å². The second kappa shape index (κ2) is 6.65. The van der Waals surface area contributed by atoms with Crippen LogP contribution in [0.3, 0.4) is 0 Å². The first-order chi connectivity index (χ1) is 10.0. The number of ether oxygens (including phenoxy) is 1. The molecule has 21 heavy (non-hydrogen) atoms. The Balaban J connectivity index is 2.44. The summed E-state index contributed by atoms with van der Waals surface area (Å²) in [5.74, 6) is 0. The molecule has 2 aromatic rings. The number of nitrogens with zero attached hydrogens (tertiary/aromatic N) is 1. The van der Waals surface area contributed by atoms with Crippen molar-refractivity contribution in [2.24, 2.45) is 4.40 Å². The van der Waals surface area contributed by atoms with E-state index in [4.69, 9.17) is 4.74 Å². The predicted molar refractivity (Wildman–Crippen MR) is 83.2 cm³/mol. The van der Waals surface area contributed by atoms with Crippen LogP contribution in [-0.4, -0.2) is 27.8 Å². The van der Waals surface area contributed by atoms with Gasteiger partial charge in [0.2, 0.25) is 0 Å². The standard InChI is InChI=1S/C16H17NO3S/c1-13-8-10-15(11-9-13)21(18,19)17-16(12-20-2)14-6-4-3-5-7-14/h3-11H,12H2,1-2H3. The maximum absolute atomic E-state index is 12.4. The molecule has 4 nitrogen and oxygen atoms in total. The first-order valence-corrected chi connectivity index (χ1v) is 7.92. The van der Waals surface area contributed by atoms with Crippen molar-refractivity contribution in [1.29, 1.82) is 0 Å². The molecule has 5 heteroatoms. The van der Waals surface area contributed by atoms with Gasteiger partial charge < -0.3 is 4.74 Å². The van der Waals surface area contributed by atoms with Gasteiger partial charge in [0.15, 0.2) is 0 Å². The second-order valence-corrected chi connectivity index (χ2v) is 6.23. The Bertz CT molecular complexity index is 720. The summed E-state index contributed by atoms with van der Waals surface area (Å²) in [5, 5.41) is 0. The molecule has 0 aliphatic rings. The maximum atomic E-state index is 12.4. The van der Waals surface area contributed by atoms with E-state index in [1.807, 2.05) is 37.3 Å². The lowest BCUT2D eigenvalue weighted by Gasteiger charge is -2.06. The highest BCUT2D eigenvalue weighted by molar-refractivity contribution is 7.90. The van der Waals surface area contributed by atoms with E-state index in [1.165, 1.54) is 7.11 Å². The van der Waals surface area contributed by atoms with Gasteiger partial charge in [-0.25, -0.2) is 0 Å². The Kier molecular flexibility index (Phi) is 4.88. The van der Waals surface area contributed by atoms with E-state index in [2.05, 4.69) is 4.40 Å². The van der Waals surface area contributed by atoms with Crippen LogP contribution in [0, 0.1) is 6.92 Å². The molecule has 110 valence electrons. The van der Waals surface area contributed by atoms with Crippen molar-refractivity contribution in [2.45, 2.75) is 11.8 Å².